The van der Waals surface area contributed by atoms with E-state index in [9.17, 15) is 19.2 Å². The van der Waals surface area contributed by atoms with Gasteiger partial charge in [-0.3, -0.25) is 28.9 Å². The number of rotatable bonds is 8. The number of carbonyl (C=O) groups excluding carboxylic acids is 3. The van der Waals surface area contributed by atoms with E-state index in [1.807, 2.05) is 47.4 Å². The smallest absolute Gasteiger partial charge is 0.410 e. The molecule has 3 saturated heterocycles. The summed E-state index contributed by atoms with van der Waals surface area (Å²) in [6, 6.07) is 15.7. The number of aryl methyl sites for hydroxylation is 2. The molecular formula is C33H42N6O5. The number of piperidine rings is 2. The molecular weight excluding hydrogens is 560 g/mol. The average molecular weight is 603 g/mol. The Balaban J connectivity index is 0.936. The summed E-state index contributed by atoms with van der Waals surface area (Å²) in [5.74, 6) is -0.702. The maximum absolute atomic E-state index is 13.0. The highest BCUT2D eigenvalue weighted by Crippen LogP contribution is 2.24. The van der Waals surface area contributed by atoms with Crippen LogP contribution in [0.5, 0.6) is 0 Å². The van der Waals surface area contributed by atoms with E-state index in [0.717, 1.165) is 88.1 Å². The number of ether oxygens (including phenoxy) is 1. The second-order valence-electron chi connectivity index (χ2n) is 12.2. The Morgan fingerprint density at radius 3 is 2.36 bits per heavy atom. The number of imide groups is 1. The molecule has 44 heavy (non-hydrogen) atoms. The predicted octanol–water partition coefficient (Wildman–Crippen LogP) is 2.67. The van der Waals surface area contributed by atoms with Gasteiger partial charge in [-0.05, 0) is 61.9 Å². The number of nitrogens with one attached hydrogen (secondary N) is 1. The van der Waals surface area contributed by atoms with Crippen molar-refractivity contribution < 1.29 is 19.1 Å². The van der Waals surface area contributed by atoms with Crippen molar-refractivity contribution in [2.75, 3.05) is 45.8 Å². The minimum Gasteiger partial charge on any atom is -0.445 e. The molecule has 0 saturated carbocycles. The lowest BCUT2D eigenvalue weighted by Gasteiger charge is -2.42. The first-order valence-corrected chi connectivity index (χ1v) is 15.8. The minimum atomic E-state index is -0.664. The van der Waals surface area contributed by atoms with Gasteiger partial charge in [0.1, 0.15) is 12.6 Å². The first kappa shape index (κ1) is 30.1. The van der Waals surface area contributed by atoms with Crippen molar-refractivity contribution in [1.82, 2.24) is 29.2 Å². The lowest BCUT2D eigenvalue weighted by atomic mass is 10.0. The van der Waals surface area contributed by atoms with Crippen LogP contribution < -0.4 is 11.0 Å². The Morgan fingerprint density at radius 1 is 0.886 bits per heavy atom. The van der Waals surface area contributed by atoms with Crippen LogP contribution in [-0.2, 0) is 34.4 Å². The number of aromatic nitrogens is 2. The number of likely N-dealkylation sites (tertiary alicyclic amines) is 1. The number of benzene rings is 2. The number of carbonyl (C=O) groups is 3. The van der Waals surface area contributed by atoms with Crippen molar-refractivity contribution in [3.63, 3.8) is 0 Å². The zero-order chi connectivity index (χ0) is 30.6. The summed E-state index contributed by atoms with van der Waals surface area (Å²) in [5.41, 5.74) is 3.46. The molecule has 6 rings (SSSR count). The van der Waals surface area contributed by atoms with Crippen LogP contribution in [-0.4, -0.2) is 93.6 Å². The van der Waals surface area contributed by atoms with Crippen molar-refractivity contribution >= 4 is 28.9 Å². The fourth-order valence-corrected chi connectivity index (χ4v) is 6.88. The van der Waals surface area contributed by atoms with E-state index in [1.165, 1.54) is 10.1 Å². The van der Waals surface area contributed by atoms with Crippen molar-refractivity contribution in [2.24, 2.45) is 7.05 Å². The third-order valence-electron chi connectivity index (χ3n) is 9.47. The van der Waals surface area contributed by atoms with E-state index in [1.54, 1.807) is 11.6 Å². The zero-order valence-corrected chi connectivity index (χ0v) is 25.5. The van der Waals surface area contributed by atoms with E-state index in [2.05, 4.69) is 21.2 Å². The van der Waals surface area contributed by atoms with Crippen LogP contribution in [0.4, 0.5) is 4.79 Å². The molecule has 3 fully saturated rings. The highest BCUT2D eigenvalue weighted by Gasteiger charge is 2.32. The molecule has 1 aromatic heterocycles. The quantitative estimate of drug-likeness (QED) is 0.395. The lowest BCUT2D eigenvalue weighted by molar-refractivity contribution is -0.135. The summed E-state index contributed by atoms with van der Waals surface area (Å²) >= 11 is 0. The summed E-state index contributed by atoms with van der Waals surface area (Å²) in [4.78, 5) is 56.6. The van der Waals surface area contributed by atoms with Gasteiger partial charge >= 0.3 is 11.8 Å². The van der Waals surface area contributed by atoms with Gasteiger partial charge in [0.05, 0.1) is 11.0 Å². The van der Waals surface area contributed by atoms with Gasteiger partial charge in [-0.1, -0.05) is 36.4 Å². The average Bonchev–Trinajstić information content (AvgIpc) is 3.29. The maximum Gasteiger partial charge on any atom is 0.410 e. The van der Waals surface area contributed by atoms with Crippen LogP contribution in [0.1, 0.15) is 49.3 Å². The molecule has 2 aromatic carbocycles. The normalized spacial score (nSPS) is 20.7. The molecule has 0 radical (unpaired) electrons. The Bertz CT molecular complexity index is 1550. The molecule has 234 valence electrons. The lowest BCUT2D eigenvalue weighted by Crippen LogP contribution is -2.53. The molecule has 1 unspecified atom stereocenters. The molecule has 1 N–H and O–H groups in total. The highest BCUT2D eigenvalue weighted by molar-refractivity contribution is 6.00. The number of nitrogens with zero attached hydrogens (tertiary/aromatic N) is 5. The number of fused-ring (bicyclic) bond motifs is 1. The molecule has 0 aliphatic carbocycles. The molecule has 3 aliphatic heterocycles. The van der Waals surface area contributed by atoms with Gasteiger partial charge in [0, 0.05) is 58.8 Å². The van der Waals surface area contributed by atoms with Crippen LogP contribution >= 0.6 is 0 Å². The zero-order valence-electron chi connectivity index (χ0n) is 25.5. The molecule has 1 atom stereocenters. The third kappa shape index (κ3) is 6.58. The number of hydrogen-bond donors (Lipinski definition) is 1. The SMILES string of the molecule is Cn1c(=O)n(C2CCC(=O)NC2=O)c2ccc(CCCN3CCN(C4CCN(C(=O)OCc5ccccc5)CC4)CC3)cc21. The summed E-state index contributed by atoms with van der Waals surface area (Å²) in [6.07, 6.45) is 4.25. The van der Waals surface area contributed by atoms with Gasteiger partial charge < -0.3 is 14.5 Å². The van der Waals surface area contributed by atoms with Crippen molar-refractivity contribution in [3.05, 3.63) is 70.1 Å². The van der Waals surface area contributed by atoms with Gasteiger partial charge in [-0.2, -0.15) is 0 Å². The molecule has 11 heteroatoms. The second-order valence-corrected chi connectivity index (χ2v) is 12.2. The summed E-state index contributed by atoms with van der Waals surface area (Å²) in [6.45, 7) is 7.00. The molecule has 3 aliphatic rings. The molecule has 0 spiro atoms. The first-order valence-electron chi connectivity index (χ1n) is 15.8. The van der Waals surface area contributed by atoms with Crippen LogP contribution in [0, 0.1) is 0 Å². The Kier molecular flexibility index (Phi) is 9.13. The summed E-state index contributed by atoms with van der Waals surface area (Å²) in [5, 5.41) is 2.36. The van der Waals surface area contributed by atoms with Gasteiger partial charge in [0.15, 0.2) is 0 Å². The fourth-order valence-electron chi connectivity index (χ4n) is 6.88. The van der Waals surface area contributed by atoms with Gasteiger partial charge in [0.25, 0.3) is 0 Å². The second kappa shape index (κ2) is 13.4. The fraction of sp³-hybridized carbons (Fsp3) is 0.515. The summed E-state index contributed by atoms with van der Waals surface area (Å²) in [7, 11) is 1.73. The highest BCUT2D eigenvalue weighted by atomic mass is 16.6. The van der Waals surface area contributed by atoms with Crippen LogP contribution in [0.3, 0.4) is 0 Å². The number of hydrogen-bond acceptors (Lipinski definition) is 7. The largest absolute Gasteiger partial charge is 0.445 e. The van der Waals surface area contributed by atoms with E-state index >= 15 is 0 Å². The Labute approximate surface area is 257 Å². The molecule has 4 heterocycles. The molecule has 0 bridgehead atoms. The molecule has 3 amide bonds. The van der Waals surface area contributed by atoms with Gasteiger partial charge in [-0.25, -0.2) is 9.59 Å². The molecule has 3 aromatic rings. The van der Waals surface area contributed by atoms with Crippen LogP contribution in [0.15, 0.2) is 53.3 Å². The maximum atomic E-state index is 13.0. The van der Waals surface area contributed by atoms with Crippen molar-refractivity contribution in [3.8, 4) is 0 Å². The monoisotopic (exact) mass is 602 g/mol. The van der Waals surface area contributed by atoms with E-state index in [-0.39, 0.29) is 24.1 Å². The van der Waals surface area contributed by atoms with Gasteiger partial charge in [-0.15, -0.1) is 0 Å². The van der Waals surface area contributed by atoms with E-state index < -0.39 is 11.9 Å². The topological polar surface area (TPSA) is 109 Å². The van der Waals surface area contributed by atoms with Gasteiger partial charge in [0.2, 0.25) is 11.8 Å². The van der Waals surface area contributed by atoms with Crippen LogP contribution in [0.2, 0.25) is 0 Å². The third-order valence-corrected chi connectivity index (χ3v) is 9.47. The number of piperazine rings is 1. The first-order chi connectivity index (χ1) is 21.4. The number of imidazole rings is 1. The van der Waals surface area contributed by atoms with E-state index in [4.69, 9.17) is 4.74 Å². The van der Waals surface area contributed by atoms with E-state index in [0.29, 0.717) is 19.1 Å². The minimum absolute atomic E-state index is 0.217. The standard InChI is InChI=1S/C33H42N6O5/c1-35-29-22-24(9-10-27(29)39(32(35)42)28-11-12-30(40)34-31(28)41)8-5-15-36-18-20-37(21-19-36)26-13-16-38(17-14-26)33(43)44-23-25-6-3-2-4-7-25/h2-4,6-7,9-10,22,26,28H,5,8,11-21,23H2,1H3,(H,34,40,41). The predicted molar refractivity (Wildman–Crippen MR) is 166 cm³/mol. The Hall–Kier alpha value is -3.96. The van der Waals surface area contributed by atoms with Crippen molar-refractivity contribution in [1.29, 1.82) is 0 Å². The summed E-state index contributed by atoms with van der Waals surface area (Å²) < 4.78 is 8.65. The van der Waals surface area contributed by atoms with Crippen LogP contribution in [0.25, 0.3) is 11.0 Å². The Morgan fingerprint density at radius 2 is 1.64 bits per heavy atom. The van der Waals surface area contributed by atoms with Crippen molar-refractivity contribution in [2.45, 2.75) is 57.2 Å². The molecule has 11 nitrogen and oxygen atoms in total. The number of amides is 3.